The Balaban J connectivity index is 0.00000196. The number of carbonyl (C=O) groups is 1. The quantitative estimate of drug-likeness (QED) is 0.560. The molecule has 1 aromatic rings. The molecule has 1 atom stereocenters. The van der Waals surface area contributed by atoms with Crippen molar-refractivity contribution < 1.29 is 28.8 Å². The van der Waals surface area contributed by atoms with E-state index in [9.17, 15) is 9.90 Å². The molecule has 0 bridgehead atoms. The van der Waals surface area contributed by atoms with Crippen LogP contribution in [0.1, 0.15) is 36.8 Å². The van der Waals surface area contributed by atoms with Gasteiger partial charge in [0.15, 0.2) is 0 Å². The largest absolute Gasteiger partial charge is 1.00 e. The summed E-state index contributed by atoms with van der Waals surface area (Å²) in [5.41, 5.74) is 1.99. The van der Waals surface area contributed by atoms with Gasteiger partial charge in [-0.25, -0.2) is 0 Å². The van der Waals surface area contributed by atoms with Gasteiger partial charge < -0.3 is 9.90 Å². The van der Waals surface area contributed by atoms with Gasteiger partial charge >= 0.3 is 18.9 Å². The molecular formula is C12H15LiO2. The van der Waals surface area contributed by atoms with Crippen LogP contribution in [0.2, 0.25) is 0 Å². The smallest absolute Gasteiger partial charge is 0.549 e. The molecule has 1 unspecified atom stereocenters. The molecule has 0 heterocycles. The number of hydrogen-bond acceptors (Lipinski definition) is 2. The van der Waals surface area contributed by atoms with E-state index in [1.807, 2.05) is 38.1 Å². The summed E-state index contributed by atoms with van der Waals surface area (Å²) in [5.74, 6) is -1.43. The molecule has 0 aliphatic rings. The number of aryl methyl sites for hydroxylation is 1. The second-order valence-corrected chi connectivity index (χ2v) is 3.57. The fourth-order valence-corrected chi connectivity index (χ4v) is 1.51. The Morgan fingerprint density at radius 2 is 1.87 bits per heavy atom. The normalized spacial score (nSPS) is 11.6. The second kappa shape index (κ2) is 6.71. The first-order valence-corrected chi connectivity index (χ1v) is 4.92. The average Bonchev–Trinajstić information content (AvgIpc) is 2.15. The minimum Gasteiger partial charge on any atom is -0.549 e. The molecule has 3 heteroatoms. The summed E-state index contributed by atoms with van der Waals surface area (Å²) in [6.45, 7) is 3.96. The van der Waals surface area contributed by atoms with Crippen LogP contribution < -0.4 is 24.0 Å². The van der Waals surface area contributed by atoms with E-state index < -0.39 is 11.9 Å². The summed E-state index contributed by atoms with van der Waals surface area (Å²) < 4.78 is 0. The van der Waals surface area contributed by atoms with Crippen LogP contribution in [0.25, 0.3) is 0 Å². The van der Waals surface area contributed by atoms with Crippen molar-refractivity contribution in [1.82, 2.24) is 0 Å². The first-order chi connectivity index (χ1) is 6.65. The Morgan fingerprint density at radius 1 is 1.33 bits per heavy atom. The first-order valence-electron chi connectivity index (χ1n) is 4.92. The van der Waals surface area contributed by atoms with E-state index in [0.717, 1.165) is 17.5 Å². The van der Waals surface area contributed by atoms with Gasteiger partial charge in [-0.3, -0.25) is 0 Å². The van der Waals surface area contributed by atoms with Crippen LogP contribution in [0.5, 0.6) is 0 Å². The molecule has 76 valence electrons. The second-order valence-electron chi connectivity index (χ2n) is 3.57. The van der Waals surface area contributed by atoms with Crippen molar-refractivity contribution >= 4 is 5.97 Å². The van der Waals surface area contributed by atoms with Gasteiger partial charge in [-0.15, -0.1) is 0 Å². The maximum absolute atomic E-state index is 10.9. The molecule has 2 nitrogen and oxygen atoms in total. The van der Waals surface area contributed by atoms with Crippen molar-refractivity contribution in [2.75, 3.05) is 0 Å². The third-order valence-electron chi connectivity index (χ3n) is 2.34. The molecular weight excluding hydrogens is 183 g/mol. The standard InChI is InChI=1S/C12H16O2.Li/c1-3-4-11(12(13)14)10-7-5-9(2)6-8-10;/h5-8,11H,3-4H2,1-2H3,(H,13,14);/q;+1/p-1. The summed E-state index contributed by atoms with van der Waals surface area (Å²) in [7, 11) is 0. The van der Waals surface area contributed by atoms with Gasteiger partial charge in [0, 0.05) is 11.9 Å². The van der Waals surface area contributed by atoms with Gasteiger partial charge in [0.25, 0.3) is 0 Å². The number of aliphatic carboxylic acids is 1. The summed E-state index contributed by atoms with van der Waals surface area (Å²) in [4.78, 5) is 10.9. The molecule has 1 aromatic carbocycles. The van der Waals surface area contributed by atoms with Crippen molar-refractivity contribution in [3.05, 3.63) is 35.4 Å². The Labute approximate surface area is 103 Å². The zero-order valence-corrected chi connectivity index (χ0v) is 9.62. The topological polar surface area (TPSA) is 40.1 Å². The number of carbonyl (C=O) groups excluding carboxylic acids is 1. The van der Waals surface area contributed by atoms with Crippen LogP contribution in [0.4, 0.5) is 0 Å². The predicted molar refractivity (Wildman–Crippen MR) is 53.8 cm³/mol. The number of hydrogen-bond donors (Lipinski definition) is 0. The van der Waals surface area contributed by atoms with Gasteiger partial charge in [-0.1, -0.05) is 43.2 Å². The Kier molecular flexibility index (Phi) is 6.39. The fraction of sp³-hybridized carbons (Fsp3) is 0.417. The summed E-state index contributed by atoms with van der Waals surface area (Å²) in [6.07, 6.45) is 1.50. The molecule has 0 aromatic heterocycles. The molecule has 0 saturated carbocycles. The van der Waals surface area contributed by atoms with E-state index in [-0.39, 0.29) is 18.9 Å². The van der Waals surface area contributed by atoms with E-state index in [1.54, 1.807) is 0 Å². The number of carboxylic acid groups (broad SMARTS) is 1. The van der Waals surface area contributed by atoms with Crippen LogP contribution in [-0.2, 0) is 4.79 Å². The van der Waals surface area contributed by atoms with E-state index in [0.29, 0.717) is 6.42 Å². The zero-order valence-electron chi connectivity index (χ0n) is 9.62. The fourth-order valence-electron chi connectivity index (χ4n) is 1.51. The van der Waals surface area contributed by atoms with E-state index in [4.69, 9.17) is 0 Å². The third-order valence-corrected chi connectivity index (χ3v) is 2.34. The van der Waals surface area contributed by atoms with Gasteiger partial charge in [-0.2, -0.15) is 0 Å². The minimum atomic E-state index is -0.976. The molecule has 0 aliphatic carbocycles. The zero-order chi connectivity index (χ0) is 10.6. The molecule has 1 rings (SSSR count). The molecule has 0 fully saturated rings. The summed E-state index contributed by atoms with van der Waals surface area (Å²) >= 11 is 0. The number of rotatable bonds is 4. The Hall–Kier alpha value is -0.713. The molecule has 0 radical (unpaired) electrons. The summed E-state index contributed by atoms with van der Waals surface area (Å²) in [5, 5.41) is 10.9. The minimum absolute atomic E-state index is 0. The van der Waals surface area contributed by atoms with E-state index in [2.05, 4.69) is 0 Å². The van der Waals surface area contributed by atoms with Crippen LogP contribution in [0.3, 0.4) is 0 Å². The number of benzene rings is 1. The monoisotopic (exact) mass is 198 g/mol. The van der Waals surface area contributed by atoms with Crippen LogP contribution >= 0.6 is 0 Å². The van der Waals surface area contributed by atoms with Gasteiger partial charge in [-0.05, 0) is 18.9 Å². The van der Waals surface area contributed by atoms with Crippen LogP contribution in [0, 0.1) is 6.92 Å². The molecule has 0 spiro atoms. The van der Waals surface area contributed by atoms with Crippen molar-refractivity contribution in [3.63, 3.8) is 0 Å². The van der Waals surface area contributed by atoms with Crippen LogP contribution in [-0.4, -0.2) is 5.97 Å². The maximum Gasteiger partial charge on any atom is 1.00 e. The predicted octanol–water partition coefficient (Wildman–Crippen LogP) is -1.37. The van der Waals surface area contributed by atoms with Crippen LogP contribution in [0.15, 0.2) is 24.3 Å². The van der Waals surface area contributed by atoms with Gasteiger partial charge in [0.05, 0.1) is 0 Å². The average molecular weight is 198 g/mol. The Bertz CT molecular complexity index is 306. The number of carboxylic acids is 1. The van der Waals surface area contributed by atoms with Crippen molar-refractivity contribution in [2.24, 2.45) is 0 Å². The van der Waals surface area contributed by atoms with E-state index >= 15 is 0 Å². The molecule has 0 amide bonds. The van der Waals surface area contributed by atoms with Gasteiger partial charge in [0.1, 0.15) is 0 Å². The van der Waals surface area contributed by atoms with E-state index in [1.165, 1.54) is 0 Å². The molecule has 15 heavy (non-hydrogen) atoms. The molecule has 0 aliphatic heterocycles. The van der Waals surface area contributed by atoms with Crippen molar-refractivity contribution in [2.45, 2.75) is 32.6 Å². The maximum atomic E-state index is 10.9. The van der Waals surface area contributed by atoms with Crippen molar-refractivity contribution in [3.8, 4) is 0 Å². The molecule has 0 saturated heterocycles. The first kappa shape index (κ1) is 14.3. The third kappa shape index (κ3) is 4.11. The molecule has 0 N–H and O–H groups in total. The summed E-state index contributed by atoms with van der Waals surface area (Å²) in [6, 6.07) is 7.60. The SMILES string of the molecule is CCCC(C(=O)[O-])c1ccc(C)cc1.[Li+]. The van der Waals surface area contributed by atoms with Gasteiger partial charge in [0.2, 0.25) is 0 Å². The van der Waals surface area contributed by atoms with Crippen molar-refractivity contribution in [1.29, 1.82) is 0 Å². The Morgan fingerprint density at radius 3 is 2.27 bits per heavy atom.